The molecule has 2 heteroatoms. The summed E-state index contributed by atoms with van der Waals surface area (Å²) < 4.78 is 9.98. The average molecular weight is 196 g/mol. The lowest BCUT2D eigenvalue weighted by atomic mass is 10.2. The van der Waals surface area contributed by atoms with Gasteiger partial charge in [0.25, 0.3) is 0 Å². The molecule has 1 aromatic carbocycles. The second kappa shape index (κ2) is 8.57. The fourth-order valence-electron chi connectivity index (χ4n) is 0.832. The van der Waals surface area contributed by atoms with Gasteiger partial charge in [0, 0.05) is 7.11 Å². The van der Waals surface area contributed by atoms with E-state index in [0.29, 0.717) is 6.79 Å². The van der Waals surface area contributed by atoms with Crippen LogP contribution >= 0.6 is 0 Å². The van der Waals surface area contributed by atoms with Gasteiger partial charge in [0.2, 0.25) is 0 Å². The van der Waals surface area contributed by atoms with Crippen LogP contribution < -0.4 is 4.74 Å². The normalized spacial score (nSPS) is 8.86. The van der Waals surface area contributed by atoms with Gasteiger partial charge in [-0.3, -0.25) is 0 Å². The fourth-order valence-corrected chi connectivity index (χ4v) is 0.832. The fraction of sp³-hybridized carbons (Fsp3) is 0.500. The Hall–Kier alpha value is -1.02. The summed E-state index contributed by atoms with van der Waals surface area (Å²) in [6, 6.07) is 7.87. The zero-order valence-corrected chi connectivity index (χ0v) is 9.54. The van der Waals surface area contributed by atoms with E-state index < -0.39 is 0 Å². The molecule has 0 N–H and O–H groups in total. The van der Waals surface area contributed by atoms with Crippen LogP contribution in [0.25, 0.3) is 0 Å². The first kappa shape index (κ1) is 13.0. The lowest BCUT2D eigenvalue weighted by molar-refractivity contribution is 0.0511. The maximum atomic E-state index is 5.21. The Bertz CT molecular complexity index is 234. The molecule has 0 aromatic heterocycles. The van der Waals surface area contributed by atoms with Crippen LogP contribution in [0.3, 0.4) is 0 Å². The average Bonchev–Trinajstić information content (AvgIpc) is 2.16. The Kier molecular flexibility index (Phi) is 7.95. The summed E-state index contributed by atoms with van der Waals surface area (Å²) in [6.45, 7) is 6.59. The number of hydrogen-bond donors (Lipinski definition) is 0. The third kappa shape index (κ3) is 6.49. The number of ether oxygens (including phenoxy) is 2. The lowest BCUT2D eigenvalue weighted by Gasteiger charge is -2.03. The van der Waals surface area contributed by atoms with Crippen molar-refractivity contribution in [2.45, 2.75) is 27.2 Å². The number of methoxy groups -OCH3 is 1. The number of aryl methyl sites for hydroxylation is 1. The van der Waals surface area contributed by atoms with Gasteiger partial charge in [-0.2, -0.15) is 0 Å². The summed E-state index contributed by atoms with van der Waals surface area (Å²) in [5, 5.41) is 0. The Morgan fingerprint density at radius 3 is 2.36 bits per heavy atom. The van der Waals surface area contributed by atoms with E-state index in [9.17, 15) is 0 Å². The molecule has 0 unspecified atom stereocenters. The Labute approximate surface area is 86.9 Å². The van der Waals surface area contributed by atoms with Crippen LogP contribution in [0, 0.1) is 6.92 Å². The standard InChI is InChI=1S/C9H12O2.C3H8/c1-8-4-3-5-9(6-8)11-7-10-2;1-3-2/h3-6H,7H2,1-2H3;3H2,1-2H3. The molecule has 0 aliphatic heterocycles. The molecule has 0 atom stereocenters. The first-order valence-corrected chi connectivity index (χ1v) is 4.93. The van der Waals surface area contributed by atoms with E-state index in [2.05, 4.69) is 13.8 Å². The highest BCUT2D eigenvalue weighted by Crippen LogP contribution is 2.11. The monoisotopic (exact) mass is 196 g/mol. The maximum absolute atomic E-state index is 5.21. The van der Waals surface area contributed by atoms with Gasteiger partial charge >= 0.3 is 0 Å². The zero-order chi connectivity index (χ0) is 10.8. The molecule has 14 heavy (non-hydrogen) atoms. The van der Waals surface area contributed by atoms with E-state index in [4.69, 9.17) is 9.47 Å². The van der Waals surface area contributed by atoms with Crippen LogP contribution in [-0.2, 0) is 4.74 Å². The van der Waals surface area contributed by atoms with Crippen molar-refractivity contribution in [3.05, 3.63) is 29.8 Å². The molecule has 0 aliphatic rings. The number of benzene rings is 1. The van der Waals surface area contributed by atoms with Gasteiger partial charge in [-0.15, -0.1) is 0 Å². The maximum Gasteiger partial charge on any atom is 0.188 e. The van der Waals surface area contributed by atoms with Gasteiger partial charge in [0.1, 0.15) is 5.75 Å². The van der Waals surface area contributed by atoms with E-state index in [1.54, 1.807) is 7.11 Å². The highest BCUT2D eigenvalue weighted by molar-refractivity contribution is 5.27. The van der Waals surface area contributed by atoms with Crippen molar-refractivity contribution < 1.29 is 9.47 Å². The third-order valence-corrected chi connectivity index (χ3v) is 1.33. The third-order valence-electron chi connectivity index (χ3n) is 1.33. The van der Waals surface area contributed by atoms with Crippen molar-refractivity contribution >= 4 is 0 Å². The van der Waals surface area contributed by atoms with E-state index in [0.717, 1.165) is 5.75 Å². The molecule has 0 spiro atoms. The van der Waals surface area contributed by atoms with Crippen molar-refractivity contribution in [2.24, 2.45) is 0 Å². The summed E-state index contributed by atoms with van der Waals surface area (Å²) in [5.41, 5.74) is 1.19. The van der Waals surface area contributed by atoms with E-state index >= 15 is 0 Å². The van der Waals surface area contributed by atoms with Gasteiger partial charge in [-0.1, -0.05) is 32.4 Å². The van der Waals surface area contributed by atoms with Gasteiger partial charge in [-0.05, 0) is 24.6 Å². The van der Waals surface area contributed by atoms with Crippen LogP contribution in [0.1, 0.15) is 25.8 Å². The summed E-state index contributed by atoms with van der Waals surface area (Å²) in [5.74, 6) is 0.854. The van der Waals surface area contributed by atoms with Crippen LogP contribution in [0.15, 0.2) is 24.3 Å². The van der Waals surface area contributed by atoms with E-state index in [1.165, 1.54) is 12.0 Å². The van der Waals surface area contributed by atoms with E-state index in [1.807, 2.05) is 31.2 Å². The lowest BCUT2D eigenvalue weighted by Crippen LogP contribution is -1.98. The second-order valence-electron chi connectivity index (χ2n) is 3.07. The highest BCUT2D eigenvalue weighted by Gasteiger charge is 1.90. The van der Waals surface area contributed by atoms with Crippen LogP contribution in [0.5, 0.6) is 5.75 Å². The Balaban J connectivity index is 0.000000500. The summed E-state index contributed by atoms with van der Waals surface area (Å²) in [6.07, 6.45) is 1.25. The zero-order valence-electron chi connectivity index (χ0n) is 9.54. The minimum absolute atomic E-state index is 0.309. The largest absolute Gasteiger partial charge is 0.468 e. The molecule has 0 heterocycles. The molecular formula is C12H20O2. The molecule has 0 radical (unpaired) electrons. The quantitative estimate of drug-likeness (QED) is 0.690. The van der Waals surface area contributed by atoms with Gasteiger partial charge in [-0.25, -0.2) is 0 Å². The van der Waals surface area contributed by atoms with Crippen molar-refractivity contribution in [2.75, 3.05) is 13.9 Å². The minimum Gasteiger partial charge on any atom is -0.468 e. The number of rotatable bonds is 3. The molecule has 0 aliphatic carbocycles. The van der Waals surface area contributed by atoms with Crippen LogP contribution in [0.4, 0.5) is 0 Å². The molecule has 0 amide bonds. The summed E-state index contributed by atoms with van der Waals surface area (Å²) >= 11 is 0. The van der Waals surface area contributed by atoms with Gasteiger partial charge < -0.3 is 9.47 Å². The SMILES string of the molecule is CCC.COCOc1cccc(C)c1. The van der Waals surface area contributed by atoms with Crippen LogP contribution in [0.2, 0.25) is 0 Å². The van der Waals surface area contributed by atoms with Crippen LogP contribution in [-0.4, -0.2) is 13.9 Å². The topological polar surface area (TPSA) is 18.5 Å². The smallest absolute Gasteiger partial charge is 0.188 e. The molecule has 0 bridgehead atoms. The van der Waals surface area contributed by atoms with Gasteiger partial charge in [0.15, 0.2) is 6.79 Å². The van der Waals surface area contributed by atoms with E-state index in [-0.39, 0.29) is 0 Å². The number of hydrogen-bond acceptors (Lipinski definition) is 2. The molecule has 80 valence electrons. The van der Waals surface area contributed by atoms with Gasteiger partial charge in [0.05, 0.1) is 0 Å². The molecule has 1 rings (SSSR count). The summed E-state index contributed by atoms with van der Waals surface area (Å²) in [4.78, 5) is 0. The molecular weight excluding hydrogens is 176 g/mol. The molecule has 2 nitrogen and oxygen atoms in total. The molecule has 0 saturated heterocycles. The Morgan fingerprint density at radius 2 is 1.86 bits per heavy atom. The second-order valence-corrected chi connectivity index (χ2v) is 3.07. The van der Waals surface area contributed by atoms with Crippen molar-refractivity contribution in [1.29, 1.82) is 0 Å². The minimum atomic E-state index is 0.309. The first-order valence-electron chi connectivity index (χ1n) is 4.93. The molecule has 0 saturated carbocycles. The predicted octanol–water partition coefficient (Wildman–Crippen LogP) is 3.39. The van der Waals surface area contributed by atoms with Crippen molar-refractivity contribution in [1.82, 2.24) is 0 Å². The Morgan fingerprint density at radius 1 is 1.21 bits per heavy atom. The highest BCUT2D eigenvalue weighted by atomic mass is 16.7. The summed E-state index contributed by atoms with van der Waals surface area (Å²) in [7, 11) is 1.61. The van der Waals surface area contributed by atoms with Crippen molar-refractivity contribution in [3.63, 3.8) is 0 Å². The molecule has 1 aromatic rings. The van der Waals surface area contributed by atoms with Crippen molar-refractivity contribution in [3.8, 4) is 5.75 Å². The first-order chi connectivity index (χ1) is 6.74. The predicted molar refractivity (Wildman–Crippen MR) is 59.6 cm³/mol. The molecule has 0 fully saturated rings.